The second-order valence-corrected chi connectivity index (χ2v) is 11.1. The number of hydrogen-bond donors (Lipinski definition) is 0. The maximum atomic E-state index is 13.9. The molecule has 0 aromatic heterocycles. The molecular weight excluding hydrogens is 458 g/mol. The lowest BCUT2D eigenvalue weighted by Crippen LogP contribution is -2.47. The summed E-state index contributed by atoms with van der Waals surface area (Å²) >= 11 is 6.49. The summed E-state index contributed by atoms with van der Waals surface area (Å²) in [5.74, 6) is -0.0481. The fourth-order valence-electron chi connectivity index (χ4n) is 4.83. The van der Waals surface area contributed by atoms with Gasteiger partial charge in [0.1, 0.15) is 0 Å². The predicted molar refractivity (Wildman–Crippen MR) is 133 cm³/mol. The van der Waals surface area contributed by atoms with Crippen LogP contribution in [-0.4, -0.2) is 58.4 Å². The maximum absolute atomic E-state index is 13.9. The van der Waals surface area contributed by atoms with E-state index in [-0.39, 0.29) is 17.1 Å². The van der Waals surface area contributed by atoms with Crippen molar-refractivity contribution in [3.8, 4) is 0 Å². The molecule has 0 spiro atoms. The van der Waals surface area contributed by atoms with Gasteiger partial charge in [-0.3, -0.25) is 9.10 Å². The van der Waals surface area contributed by atoms with Crippen molar-refractivity contribution in [2.45, 2.75) is 24.3 Å². The first-order valence-electron chi connectivity index (χ1n) is 11.1. The van der Waals surface area contributed by atoms with E-state index in [4.69, 9.17) is 11.6 Å². The Bertz CT molecular complexity index is 1350. The number of hydrogen-bond acceptors (Lipinski definition) is 5. The first-order valence-corrected chi connectivity index (χ1v) is 12.9. The summed E-state index contributed by atoms with van der Waals surface area (Å²) in [6.45, 7) is 5.01. The summed E-state index contributed by atoms with van der Waals surface area (Å²) in [5, 5.41) is 2.24. The Kier molecular flexibility index (Phi) is 5.59. The van der Waals surface area contributed by atoms with E-state index >= 15 is 0 Å². The van der Waals surface area contributed by atoms with E-state index in [9.17, 15) is 13.2 Å². The molecule has 3 aromatic rings. The van der Waals surface area contributed by atoms with Gasteiger partial charge in [0, 0.05) is 43.7 Å². The van der Waals surface area contributed by atoms with Crippen molar-refractivity contribution in [3.63, 3.8) is 0 Å². The van der Waals surface area contributed by atoms with E-state index in [1.54, 1.807) is 31.2 Å². The summed E-state index contributed by atoms with van der Waals surface area (Å²) in [6, 6.07) is 15.7. The van der Waals surface area contributed by atoms with Gasteiger partial charge in [0.25, 0.3) is 10.0 Å². The van der Waals surface area contributed by atoms with Crippen LogP contribution in [0.1, 0.15) is 23.7 Å². The van der Waals surface area contributed by atoms with Crippen LogP contribution in [0.3, 0.4) is 0 Å². The van der Waals surface area contributed by atoms with Gasteiger partial charge in [0.05, 0.1) is 21.8 Å². The van der Waals surface area contributed by atoms with Crippen LogP contribution in [0.15, 0.2) is 59.5 Å². The van der Waals surface area contributed by atoms with Crippen molar-refractivity contribution in [2.75, 3.05) is 42.4 Å². The van der Waals surface area contributed by atoms with E-state index in [1.165, 1.54) is 4.31 Å². The van der Waals surface area contributed by atoms with E-state index in [0.717, 1.165) is 42.6 Å². The van der Waals surface area contributed by atoms with Gasteiger partial charge in [-0.2, -0.15) is 0 Å². The second-order valence-electron chi connectivity index (χ2n) is 8.90. The maximum Gasteiger partial charge on any atom is 0.264 e. The molecular formula is C25H26ClN3O3S. The lowest BCUT2D eigenvalue weighted by molar-refractivity contribution is 0.0972. The van der Waals surface area contributed by atoms with Crippen molar-refractivity contribution >= 4 is 49.6 Å². The molecule has 0 amide bonds. The molecule has 5 rings (SSSR count). The van der Waals surface area contributed by atoms with Crippen LogP contribution in [0.4, 0.5) is 11.4 Å². The first-order chi connectivity index (χ1) is 15.8. The van der Waals surface area contributed by atoms with Gasteiger partial charge in [-0.25, -0.2) is 8.42 Å². The van der Waals surface area contributed by atoms with Crippen LogP contribution in [-0.2, 0) is 10.0 Å². The third kappa shape index (κ3) is 3.88. The number of rotatable bonds is 3. The van der Waals surface area contributed by atoms with E-state index in [1.807, 2.05) is 30.3 Å². The molecule has 1 fully saturated rings. The molecule has 1 atom stereocenters. The molecule has 0 aliphatic carbocycles. The summed E-state index contributed by atoms with van der Waals surface area (Å²) < 4.78 is 29.2. The van der Waals surface area contributed by atoms with Gasteiger partial charge in [0.2, 0.25) is 0 Å². The molecule has 0 saturated carbocycles. The summed E-state index contributed by atoms with van der Waals surface area (Å²) in [6.07, 6.45) is 0.127. The molecule has 8 heteroatoms. The van der Waals surface area contributed by atoms with Crippen LogP contribution in [0.2, 0.25) is 5.02 Å². The standard InChI is InChI=1S/C25H26ClN3O3S/c1-17-13-24(30)25-22(28-11-9-27(2)10-12-28)15-20(26)16-23(25)29(17)33(31,32)21-8-7-18-5-3-4-6-19(18)14-21/h3-8,14-17H,9-13H2,1-2H3. The number of likely N-dealkylation sites (N-methyl/N-ethyl adjacent to an activating group) is 1. The van der Waals surface area contributed by atoms with Gasteiger partial charge in [0.15, 0.2) is 5.78 Å². The highest BCUT2D eigenvalue weighted by Crippen LogP contribution is 2.42. The molecule has 2 aliphatic heterocycles. The van der Waals surface area contributed by atoms with E-state index in [2.05, 4.69) is 16.8 Å². The largest absolute Gasteiger partial charge is 0.368 e. The van der Waals surface area contributed by atoms with Gasteiger partial charge in [-0.1, -0.05) is 41.9 Å². The number of piperazine rings is 1. The van der Waals surface area contributed by atoms with Gasteiger partial charge in [-0.15, -0.1) is 0 Å². The Balaban J connectivity index is 1.65. The highest BCUT2D eigenvalue weighted by atomic mass is 35.5. The van der Waals surface area contributed by atoms with Crippen molar-refractivity contribution in [2.24, 2.45) is 0 Å². The van der Waals surface area contributed by atoms with Crippen LogP contribution < -0.4 is 9.21 Å². The minimum Gasteiger partial charge on any atom is -0.368 e. The first kappa shape index (κ1) is 22.2. The number of Topliss-reactive ketones (excluding diaryl/α,β-unsaturated/α-hetero) is 1. The average molecular weight is 484 g/mol. The van der Waals surface area contributed by atoms with Crippen molar-refractivity contribution in [3.05, 3.63) is 65.2 Å². The number of benzene rings is 3. The van der Waals surface area contributed by atoms with Gasteiger partial charge in [-0.05, 0) is 49.0 Å². The van der Waals surface area contributed by atoms with Gasteiger partial charge >= 0.3 is 0 Å². The van der Waals surface area contributed by atoms with Crippen LogP contribution in [0.25, 0.3) is 10.8 Å². The normalized spacial score (nSPS) is 19.7. The quantitative estimate of drug-likeness (QED) is 0.552. The van der Waals surface area contributed by atoms with E-state index < -0.39 is 16.1 Å². The Morgan fingerprint density at radius 2 is 1.58 bits per heavy atom. The third-order valence-electron chi connectivity index (χ3n) is 6.58. The second kappa shape index (κ2) is 8.31. The fraction of sp³-hybridized carbons (Fsp3) is 0.320. The monoisotopic (exact) mass is 483 g/mol. The molecule has 1 unspecified atom stereocenters. The molecule has 3 aromatic carbocycles. The van der Waals surface area contributed by atoms with Crippen molar-refractivity contribution in [1.82, 2.24) is 4.90 Å². The van der Waals surface area contributed by atoms with Crippen molar-refractivity contribution < 1.29 is 13.2 Å². The number of carbonyl (C=O) groups is 1. The summed E-state index contributed by atoms with van der Waals surface area (Å²) in [5.41, 5.74) is 1.54. The molecule has 6 nitrogen and oxygen atoms in total. The summed E-state index contributed by atoms with van der Waals surface area (Å²) in [7, 11) is -1.85. The third-order valence-corrected chi connectivity index (χ3v) is 8.72. The number of nitrogens with zero attached hydrogens (tertiary/aromatic N) is 3. The molecule has 2 aliphatic rings. The molecule has 1 saturated heterocycles. The zero-order valence-corrected chi connectivity index (χ0v) is 20.2. The molecule has 33 heavy (non-hydrogen) atoms. The molecule has 2 heterocycles. The Labute approximate surface area is 199 Å². The predicted octanol–water partition coefficient (Wildman–Crippen LogP) is 4.42. The Morgan fingerprint density at radius 3 is 2.30 bits per heavy atom. The number of carbonyl (C=O) groups excluding carboxylic acids is 1. The Hall–Kier alpha value is -2.61. The minimum atomic E-state index is -3.92. The highest BCUT2D eigenvalue weighted by molar-refractivity contribution is 7.92. The van der Waals surface area contributed by atoms with E-state index in [0.29, 0.717) is 16.3 Å². The SMILES string of the molecule is CC1CC(=O)c2c(N3CCN(C)CC3)cc(Cl)cc2N1S(=O)(=O)c1ccc2ccccc2c1. The van der Waals surface area contributed by atoms with Crippen LogP contribution in [0, 0.1) is 0 Å². The van der Waals surface area contributed by atoms with Crippen molar-refractivity contribution in [1.29, 1.82) is 0 Å². The van der Waals surface area contributed by atoms with Gasteiger partial charge < -0.3 is 9.80 Å². The number of anilines is 2. The number of halogens is 1. The smallest absolute Gasteiger partial charge is 0.264 e. The zero-order chi connectivity index (χ0) is 23.3. The topological polar surface area (TPSA) is 60.9 Å². The molecule has 0 N–H and O–H groups in total. The van der Waals surface area contributed by atoms with Crippen LogP contribution in [0.5, 0.6) is 0 Å². The highest BCUT2D eigenvalue weighted by Gasteiger charge is 2.39. The zero-order valence-electron chi connectivity index (χ0n) is 18.7. The molecule has 0 radical (unpaired) electrons. The van der Waals surface area contributed by atoms with Crippen LogP contribution >= 0.6 is 11.6 Å². The molecule has 172 valence electrons. The molecule has 0 bridgehead atoms. The summed E-state index contributed by atoms with van der Waals surface area (Å²) in [4.78, 5) is 17.8. The lowest BCUT2D eigenvalue weighted by atomic mass is 9.95. The lowest BCUT2D eigenvalue weighted by Gasteiger charge is -2.40. The number of fused-ring (bicyclic) bond motifs is 2. The number of ketones is 1. The number of sulfonamides is 1. The Morgan fingerprint density at radius 1 is 0.909 bits per heavy atom. The fourth-order valence-corrected chi connectivity index (χ4v) is 6.73. The average Bonchev–Trinajstić information content (AvgIpc) is 2.78. The minimum absolute atomic E-state index is 0.0481.